The number of aromatic nitrogens is 1. The van der Waals surface area contributed by atoms with Crippen molar-refractivity contribution in [2.24, 2.45) is 0 Å². The molecule has 3 rings (SSSR count). The van der Waals surface area contributed by atoms with Crippen molar-refractivity contribution in [3.05, 3.63) is 53.3 Å². The number of hydrogen-bond donors (Lipinski definition) is 0. The molecule has 0 saturated carbocycles. The summed E-state index contributed by atoms with van der Waals surface area (Å²) in [5, 5.41) is 1.07. The van der Waals surface area contributed by atoms with Gasteiger partial charge in [-0.3, -0.25) is 9.69 Å². The first-order valence-corrected chi connectivity index (χ1v) is 10.0. The van der Waals surface area contributed by atoms with Gasteiger partial charge in [-0.1, -0.05) is 29.0 Å². The van der Waals surface area contributed by atoms with Gasteiger partial charge in [0.1, 0.15) is 17.1 Å². The van der Waals surface area contributed by atoms with E-state index < -0.39 is 5.82 Å². The fourth-order valence-corrected chi connectivity index (χ4v) is 3.79. The molecule has 0 bridgehead atoms. The highest BCUT2D eigenvalue weighted by Gasteiger charge is 2.21. The highest BCUT2D eigenvalue weighted by Crippen LogP contribution is 2.30. The molecule has 0 aliphatic rings. The number of carbonyl (C=O) groups is 1. The van der Waals surface area contributed by atoms with E-state index in [1.807, 2.05) is 19.0 Å². The Kier molecular flexibility index (Phi) is 8.64. The molecule has 0 N–H and O–H groups in total. The summed E-state index contributed by atoms with van der Waals surface area (Å²) < 4.78 is 20.3. The number of fused-ring (bicyclic) bond motifs is 1. The summed E-state index contributed by atoms with van der Waals surface area (Å²) in [6.07, 6.45) is 0.762. The normalized spacial score (nSPS) is 10.8. The van der Waals surface area contributed by atoms with Crippen molar-refractivity contribution < 1.29 is 13.9 Å². The van der Waals surface area contributed by atoms with Gasteiger partial charge in [0, 0.05) is 11.6 Å². The monoisotopic (exact) mass is 457 g/mol. The zero-order valence-electron chi connectivity index (χ0n) is 16.1. The van der Waals surface area contributed by atoms with E-state index >= 15 is 0 Å². The van der Waals surface area contributed by atoms with Crippen molar-refractivity contribution in [3.63, 3.8) is 0 Å². The van der Waals surface area contributed by atoms with Crippen LogP contribution in [0.25, 0.3) is 10.2 Å². The van der Waals surface area contributed by atoms with Crippen LogP contribution in [-0.2, 0) is 4.79 Å². The second kappa shape index (κ2) is 10.7. The fraction of sp³-hybridized carbons (Fsp3) is 0.300. The van der Waals surface area contributed by atoms with Crippen LogP contribution in [0, 0.1) is 5.82 Å². The Hall–Kier alpha value is -1.93. The average Bonchev–Trinajstić information content (AvgIpc) is 3.09. The van der Waals surface area contributed by atoms with Crippen LogP contribution in [0.3, 0.4) is 0 Å². The van der Waals surface area contributed by atoms with Gasteiger partial charge < -0.3 is 9.64 Å². The van der Waals surface area contributed by atoms with Crippen LogP contribution in [-0.4, -0.2) is 49.6 Å². The molecule has 1 amide bonds. The molecule has 156 valence electrons. The topological polar surface area (TPSA) is 45.7 Å². The van der Waals surface area contributed by atoms with E-state index in [2.05, 4.69) is 4.98 Å². The first kappa shape index (κ1) is 23.3. The number of para-hydroxylation sites is 1. The maximum Gasteiger partial charge on any atom is 0.266 e. The van der Waals surface area contributed by atoms with Gasteiger partial charge in [-0.25, -0.2) is 9.37 Å². The zero-order chi connectivity index (χ0) is 20.1. The van der Waals surface area contributed by atoms with E-state index in [1.54, 1.807) is 41.3 Å². The molecule has 0 aliphatic carbocycles. The van der Waals surface area contributed by atoms with Crippen molar-refractivity contribution >= 4 is 56.6 Å². The van der Waals surface area contributed by atoms with E-state index in [4.69, 9.17) is 16.3 Å². The maximum atomic E-state index is 14.0. The highest BCUT2D eigenvalue weighted by atomic mass is 35.5. The molecule has 0 saturated heterocycles. The van der Waals surface area contributed by atoms with Crippen LogP contribution >= 0.6 is 35.3 Å². The number of halogens is 3. The number of anilines is 1. The fourth-order valence-electron chi connectivity index (χ4n) is 2.64. The average molecular weight is 458 g/mol. The van der Waals surface area contributed by atoms with Crippen LogP contribution in [0.4, 0.5) is 9.52 Å². The van der Waals surface area contributed by atoms with Gasteiger partial charge in [0.2, 0.25) is 0 Å². The number of hydrogen-bond acceptors (Lipinski definition) is 5. The van der Waals surface area contributed by atoms with Crippen LogP contribution in [0.2, 0.25) is 5.02 Å². The van der Waals surface area contributed by atoms with Gasteiger partial charge in [-0.15, -0.1) is 12.4 Å². The zero-order valence-corrected chi connectivity index (χ0v) is 18.5. The lowest BCUT2D eigenvalue weighted by molar-refractivity contribution is -0.120. The summed E-state index contributed by atoms with van der Waals surface area (Å²) >= 11 is 7.16. The van der Waals surface area contributed by atoms with Crippen molar-refractivity contribution in [1.29, 1.82) is 0 Å². The standard InChI is InChI=1S/C20H21ClFN3O2S.ClH/c1-24(2)11-4-12-25(18(26)13-27-15-9-7-14(21)8-10-15)20-23-19-16(22)5-3-6-17(19)28-20;/h3,5-10H,4,11-13H2,1-2H3;1H. The molecule has 29 heavy (non-hydrogen) atoms. The van der Waals surface area contributed by atoms with Crippen LogP contribution in [0.1, 0.15) is 6.42 Å². The largest absolute Gasteiger partial charge is 0.484 e. The summed E-state index contributed by atoms with van der Waals surface area (Å²) in [6.45, 7) is 1.16. The first-order valence-electron chi connectivity index (χ1n) is 8.82. The number of ether oxygens (including phenoxy) is 1. The number of rotatable bonds is 8. The van der Waals surface area contributed by atoms with Crippen molar-refractivity contribution in [2.45, 2.75) is 6.42 Å². The Morgan fingerprint density at radius 3 is 2.55 bits per heavy atom. The first-order chi connectivity index (χ1) is 13.4. The minimum Gasteiger partial charge on any atom is -0.484 e. The summed E-state index contributed by atoms with van der Waals surface area (Å²) in [5.41, 5.74) is 0.284. The van der Waals surface area contributed by atoms with Crippen molar-refractivity contribution in [3.8, 4) is 5.75 Å². The smallest absolute Gasteiger partial charge is 0.266 e. The third-order valence-electron chi connectivity index (χ3n) is 4.05. The lowest BCUT2D eigenvalue weighted by Crippen LogP contribution is -2.36. The van der Waals surface area contributed by atoms with Gasteiger partial charge in [0.25, 0.3) is 5.91 Å². The molecule has 1 heterocycles. The number of benzene rings is 2. The molecule has 2 aromatic carbocycles. The van der Waals surface area contributed by atoms with Crippen LogP contribution in [0.5, 0.6) is 5.75 Å². The second-order valence-corrected chi connectivity index (χ2v) is 7.97. The SMILES string of the molecule is CN(C)CCCN(C(=O)COc1ccc(Cl)cc1)c1nc2c(F)cccc2s1.Cl. The Balaban J connectivity index is 0.00000300. The molecular formula is C20H22Cl2FN3O2S. The van der Waals surface area contributed by atoms with Gasteiger partial charge in [-0.2, -0.15) is 0 Å². The van der Waals surface area contributed by atoms with Gasteiger partial charge >= 0.3 is 0 Å². The predicted molar refractivity (Wildman–Crippen MR) is 119 cm³/mol. The Labute approximate surface area is 184 Å². The molecule has 9 heteroatoms. The molecular weight excluding hydrogens is 436 g/mol. The van der Waals surface area contributed by atoms with Gasteiger partial charge in [0.05, 0.1) is 4.70 Å². The molecule has 0 unspecified atom stereocenters. The van der Waals surface area contributed by atoms with Crippen molar-refractivity contribution in [1.82, 2.24) is 9.88 Å². The van der Waals surface area contributed by atoms with E-state index in [9.17, 15) is 9.18 Å². The van der Waals surface area contributed by atoms with Crippen molar-refractivity contribution in [2.75, 3.05) is 38.7 Å². The molecule has 1 aromatic heterocycles. The predicted octanol–water partition coefficient (Wildman–Crippen LogP) is 4.87. The third kappa shape index (κ3) is 6.27. The second-order valence-electron chi connectivity index (χ2n) is 6.53. The number of carbonyl (C=O) groups excluding carboxylic acids is 1. The lowest BCUT2D eigenvalue weighted by Gasteiger charge is -2.21. The summed E-state index contributed by atoms with van der Waals surface area (Å²) in [7, 11) is 3.95. The third-order valence-corrected chi connectivity index (χ3v) is 5.35. The van der Waals surface area contributed by atoms with E-state index in [0.717, 1.165) is 13.0 Å². The quantitative estimate of drug-likeness (QED) is 0.483. The van der Waals surface area contributed by atoms with Crippen LogP contribution in [0.15, 0.2) is 42.5 Å². The Morgan fingerprint density at radius 1 is 1.17 bits per heavy atom. The minimum absolute atomic E-state index is 0. The summed E-state index contributed by atoms with van der Waals surface area (Å²) in [6, 6.07) is 11.6. The molecule has 0 radical (unpaired) electrons. The number of amides is 1. The Bertz CT molecular complexity index is 951. The molecule has 0 aliphatic heterocycles. The van der Waals surface area contributed by atoms with E-state index in [-0.39, 0.29) is 30.4 Å². The maximum absolute atomic E-state index is 14.0. The summed E-state index contributed by atoms with van der Waals surface area (Å²) in [5.74, 6) is -0.0624. The van der Waals surface area contributed by atoms with E-state index in [0.29, 0.717) is 27.1 Å². The molecule has 0 fully saturated rings. The van der Waals surface area contributed by atoms with Gasteiger partial charge in [0.15, 0.2) is 11.7 Å². The Morgan fingerprint density at radius 2 is 1.90 bits per heavy atom. The lowest BCUT2D eigenvalue weighted by atomic mass is 10.3. The number of thiazole rings is 1. The molecule has 0 spiro atoms. The molecule has 5 nitrogen and oxygen atoms in total. The van der Waals surface area contributed by atoms with E-state index in [1.165, 1.54) is 17.4 Å². The summed E-state index contributed by atoms with van der Waals surface area (Å²) in [4.78, 5) is 20.8. The number of nitrogens with zero attached hydrogens (tertiary/aromatic N) is 3. The highest BCUT2D eigenvalue weighted by molar-refractivity contribution is 7.22. The molecule has 3 aromatic rings. The van der Waals surface area contributed by atoms with Gasteiger partial charge in [-0.05, 0) is 63.5 Å². The minimum atomic E-state index is -0.391. The van der Waals surface area contributed by atoms with Crippen LogP contribution < -0.4 is 9.64 Å². The molecule has 0 atom stereocenters.